The molecule has 0 radical (unpaired) electrons. The third-order valence-electron chi connectivity index (χ3n) is 4.06. The summed E-state index contributed by atoms with van der Waals surface area (Å²) in [4.78, 5) is 33.1. The van der Waals surface area contributed by atoms with E-state index >= 15 is 0 Å². The summed E-state index contributed by atoms with van der Waals surface area (Å²) in [7, 11) is 0. The fourth-order valence-corrected chi connectivity index (χ4v) is 2.92. The molecule has 0 bridgehead atoms. The lowest BCUT2D eigenvalue weighted by Crippen LogP contribution is -2.16. The highest BCUT2D eigenvalue weighted by atomic mass is 35.5. The molecule has 160 valence electrons. The van der Waals surface area contributed by atoms with Gasteiger partial charge in [-0.1, -0.05) is 17.7 Å². The Morgan fingerprint density at radius 1 is 0.935 bits per heavy atom. The largest absolute Gasteiger partial charge is 0.492 e. The number of nitrogens with one attached hydrogen (secondary N) is 2. The van der Waals surface area contributed by atoms with Crippen LogP contribution in [0.3, 0.4) is 0 Å². The molecular formula is C22H21ClN4O4. The summed E-state index contributed by atoms with van der Waals surface area (Å²) in [5.74, 6) is -0.0742. The average Bonchev–Trinajstić information content (AvgIpc) is 2.77. The molecule has 2 aromatic carbocycles. The van der Waals surface area contributed by atoms with Crippen LogP contribution >= 0.6 is 11.6 Å². The van der Waals surface area contributed by atoms with E-state index in [-0.39, 0.29) is 11.6 Å². The number of benzene rings is 2. The number of halogens is 1. The first-order valence-electron chi connectivity index (χ1n) is 9.59. The maximum Gasteiger partial charge on any atom is 0.275 e. The Morgan fingerprint density at radius 3 is 2.13 bits per heavy atom. The highest BCUT2D eigenvalue weighted by Gasteiger charge is 2.18. The Balaban J connectivity index is 1.93. The van der Waals surface area contributed by atoms with Crippen LogP contribution in [0.2, 0.25) is 5.02 Å². The minimum Gasteiger partial charge on any atom is -0.492 e. The molecule has 0 aliphatic heterocycles. The summed E-state index contributed by atoms with van der Waals surface area (Å²) >= 11 is 5.98. The molecule has 2 amide bonds. The second-order valence-corrected chi connectivity index (χ2v) is 6.66. The smallest absolute Gasteiger partial charge is 0.275 e. The van der Waals surface area contributed by atoms with Gasteiger partial charge in [0.05, 0.1) is 30.8 Å². The van der Waals surface area contributed by atoms with Crippen LogP contribution in [0.4, 0.5) is 11.4 Å². The van der Waals surface area contributed by atoms with Gasteiger partial charge in [0.25, 0.3) is 11.8 Å². The van der Waals surface area contributed by atoms with Gasteiger partial charge < -0.3 is 20.1 Å². The standard InChI is InChI=1S/C22H21ClN4O4/c1-3-30-19-12-17(27-22(29)18-13-24-8-9-25-18)20(31-4-2)11-16(19)26-21(28)14-6-5-7-15(23)10-14/h5-13H,3-4H2,1-2H3,(H,26,28)(H,27,29). The van der Waals surface area contributed by atoms with E-state index in [0.717, 1.165) is 0 Å². The number of hydrogen-bond acceptors (Lipinski definition) is 6. The summed E-state index contributed by atoms with van der Waals surface area (Å²) in [6, 6.07) is 9.79. The predicted octanol–water partition coefficient (Wildman–Crippen LogP) is 4.43. The first kappa shape index (κ1) is 22.0. The van der Waals surface area contributed by atoms with Crippen molar-refractivity contribution < 1.29 is 19.1 Å². The highest BCUT2D eigenvalue weighted by molar-refractivity contribution is 6.31. The van der Waals surface area contributed by atoms with E-state index in [0.29, 0.717) is 46.7 Å². The van der Waals surface area contributed by atoms with Gasteiger partial charge in [0.2, 0.25) is 0 Å². The number of amides is 2. The lowest BCUT2D eigenvalue weighted by molar-refractivity contribution is 0.101. The van der Waals surface area contributed by atoms with Crippen molar-refractivity contribution in [3.8, 4) is 11.5 Å². The molecule has 0 spiro atoms. The number of carbonyl (C=O) groups excluding carboxylic acids is 2. The third kappa shape index (κ3) is 5.70. The Kier molecular flexibility index (Phi) is 7.40. The first-order chi connectivity index (χ1) is 15.0. The summed E-state index contributed by atoms with van der Waals surface area (Å²) in [6.07, 6.45) is 4.27. The maximum absolute atomic E-state index is 12.7. The topological polar surface area (TPSA) is 102 Å². The number of carbonyl (C=O) groups is 2. The minimum atomic E-state index is -0.452. The van der Waals surface area contributed by atoms with Crippen molar-refractivity contribution in [2.75, 3.05) is 23.8 Å². The molecule has 0 aliphatic rings. The van der Waals surface area contributed by atoms with Crippen molar-refractivity contribution in [1.29, 1.82) is 0 Å². The van der Waals surface area contributed by atoms with E-state index in [1.54, 1.807) is 36.4 Å². The van der Waals surface area contributed by atoms with Crippen LogP contribution in [0.5, 0.6) is 11.5 Å². The molecule has 0 atom stereocenters. The SMILES string of the molecule is CCOc1cc(NC(=O)c2cnccn2)c(OCC)cc1NC(=O)c1cccc(Cl)c1. The molecular weight excluding hydrogens is 420 g/mol. The second-order valence-electron chi connectivity index (χ2n) is 6.22. The van der Waals surface area contributed by atoms with Gasteiger partial charge in [0.1, 0.15) is 17.2 Å². The van der Waals surface area contributed by atoms with Crippen LogP contribution in [0, 0.1) is 0 Å². The van der Waals surface area contributed by atoms with Crippen LogP contribution in [0.1, 0.15) is 34.7 Å². The van der Waals surface area contributed by atoms with Crippen LogP contribution in [0.15, 0.2) is 55.0 Å². The Bertz CT molecular complexity index is 1080. The normalized spacial score (nSPS) is 10.3. The van der Waals surface area contributed by atoms with E-state index in [2.05, 4.69) is 20.6 Å². The molecule has 0 saturated heterocycles. The average molecular weight is 441 g/mol. The second kappa shape index (κ2) is 10.4. The van der Waals surface area contributed by atoms with Gasteiger partial charge in [0, 0.05) is 35.1 Å². The lowest BCUT2D eigenvalue weighted by Gasteiger charge is -2.17. The zero-order valence-corrected chi connectivity index (χ0v) is 17.8. The number of rotatable bonds is 8. The van der Waals surface area contributed by atoms with Gasteiger partial charge in [-0.3, -0.25) is 14.6 Å². The summed E-state index contributed by atoms with van der Waals surface area (Å²) < 4.78 is 11.4. The highest BCUT2D eigenvalue weighted by Crippen LogP contribution is 2.37. The molecule has 0 aliphatic carbocycles. The van der Waals surface area contributed by atoms with Gasteiger partial charge >= 0.3 is 0 Å². The third-order valence-corrected chi connectivity index (χ3v) is 4.30. The molecule has 0 fully saturated rings. The van der Waals surface area contributed by atoms with E-state index in [1.165, 1.54) is 18.6 Å². The van der Waals surface area contributed by atoms with Crippen molar-refractivity contribution in [3.05, 3.63) is 71.3 Å². The van der Waals surface area contributed by atoms with Gasteiger partial charge in [-0.15, -0.1) is 0 Å². The molecule has 2 N–H and O–H groups in total. The quantitative estimate of drug-likeness (QED) is 0.537. The van der Waals surface area contributed by atoms with Gasteiger partial charge in [-0.05, 0) is 32.0 Å². The van der Waals surface area contributed by atoms with Crippen molar-refractivity contribution in [1.82, 2.24) is 9.97 Å². The van der Waals surface area contributed by atoms with Crippen LogP contribution in [-0.2, 0) is 0 Å². The predicted molar refractivity (Wildman–Crippen MR) is 118 cm³/mol. The van der Waals surface area contributed by atoms with E-state index in [9.17, 15) is 9.59 Å². The monoisotopic (exact) mass is 440 g/mol. The fourth-order valence-electron chi connectivity index (χ4n) is 2.73. The number of anilines is 2. The van der Waals surface area contributed by atoms with E-state index in [1.807, 2.05) is 13.8 Å². The Labute approximate surface area is 184 Å². The molecule has 1 heterocycles. The minimum absolute atomic E-state index is 0.154. The lowest BCUT2D eigenvalue weighted by atomic mass is 10.2. The van der Waals surface area contributed by atoms with Crippen LogP contribution in [0.25, 0.3) is 0 Å². The molecule has 8 nitrogen and oxygen atoms in total. The molecule has 9 heteroatoms. The van der Waals surface area contributed by atoms with Gasteiger partial charge in [-0.2, -0.15) is 0 Å². The van der Waals surface area contributed by atoms with Crippen LogP contribution < -0.4 is 20.1 Å². The number of nitrogens with zero attached hydrogens (tertiary/aromatic N) is 2. The maximum atomic E-state index is 12.7. The molecule has 0 unspecified atom stereocenters. The summed E-state index contributed by atoms with van der Waals surface area (Å²) in [5.41, 5.74) is 1.32. The van der Waals surface area contributed by atoms with Crippen molar-refractivity contribution in [3.63, 3.8) is 0 Å². The van der Waals surface area contributed by atoms with Gasteiger partial charge in [0.15, 0.2) is 0 Å². The first-order valence-corrected chi connectivity index (χ1v) is 9.97. The Hall–Kier alpha value is -3.65. The van der Waals surface area contributed by atoms with Gasteiger partial charge in [-0.25, -0.2) is 4.98 Å². The van der Waals surface area contributed by atoms with Crippen molar-refractivity contribution >= 4 is 34.8 Å². The van der Waals surface area contributed by atoms with Crippen molar-refractivity contribution in [2.24, 2.45) is 0 Å². The Morgan fingerprint density at radius 2 is 1.58 bits per heavy atom. The summed E-state index contributed by atoms with van der Waals surface area (Å²) in [6.45, 7) is 4.33. The molecule has 31 heavy (non-hydrogen) atoms. The van der Waals surface area contributed by atoms with Crippen molar-refractivity contribution in [2.45, 2.75) is 13.8 Å². The van der Waals surface area contributed by atoms with E-state index < -0.39 is 5.91 Å². The molecule has 3 aromatic rings. The fraction of sp³-hybridized carbons (Fsp3) is 0.182. The molecule has 1 aromatic heterocycles. The van der Waals surface area contributed by atoms with E-state index in [4.69, 9.17) is 21.1 Å². The van der Waals surface area contributed by atoms with Crippen LogP contribution in [-0.4, -0.2) is 35.0 Å². The zero-order chi connectivity index (χ0) is 22.2. The zero-order valence-electron chi connectivity index (χ0n) is 17.0. The summed E-state index contributed by atoms with van der Waals surface area (Å²) in [5, 5.41) is 6.02. The number of ether oxygens (including phenoxy) is 2. The molecule has 0 saturated carbocycles. The number of hydrogen-bond donors (Lipinski definition) is 2. The number of aromatic nitrogens is 2. The molecule has 3 rings (SSSR count).